The quantitative estimate of drug-likeness (QED) is 0.599. The van der Waals surface area contributed by atoms with E-state index in [-0.39, 0.29) is 10.6 Å². The molecule has 3 nitrogen and oxygen atoms in total. The van der Waals surface area contributed by atoms with Crippen molar-refractivity contribution in [1.29, 1.82) is 0 Å². The summed E-state index contributed by atoms with van der Waals surface area (Å²) < 4.78 is 63.0. The molecule has 0 aliphatic heterocycles. The van der Waals surface area contributed by atoms with Gasteiger partial charge in [-0.05, 0) is 25.1 Å². The summed E-state index contributed by atoms with van der Waals surface area (Å²) >= 11 is 0.673. The number of nitrogens with two attached hydrogens (primary N) is 1. The van der Waals surface area contributed by atoms with Crippen LogP contribution in [0.2, 0.25) is 0 Å². The molecule has 0 bridgehead atoms. The molecule has 0 radical (unpaired) electrons. The van der Waals surface area contributed by atoms with E-state index in [0.717, 1.165) is 18.2 Å². The van der Waals surface area contributed by atoms with Crippen LogP contribution in [0.15, 0.2) is 23.1 Å². The molecule has 2 atom stereocenters. The van der Waals surface area contributed by atoms with E-state index in [1.54, 1.807) is 6.92 Å². The van der Waals surface area contributed by atoms with Crippen LogP contribution >= 0.6 is 11.8 Å². The van der Waals surface area contributed by atoms with E-state index in [1.807, 2.05) is 0 Å². The summed E-state index contributed by atoms with van der Waals surface area (Å²) in [6, 6.07) is 2.10. The SMILES string of the molecule is CC(N)C(C)C(=O)Nc1cc(C(F)(F)F)ccc1SCC(F)F. The van der Waals surface area contributed by atoms with Gasteiger partial charge in [0.2, 0.25) is 12.3 Å². The van der Waals surface area contributed by atoms with Crippen molar-refractivity contribution in [2.75, 3.05) is 11.1 Å². The van der Waals surface area contributed by atoms with Crippen molar-refractivity contribution in [1.82, 2.24) is 0 Å². The zero-order valence-electron chi connectivity index (χ0n) is 12.5. The first-order valence-corrected chi connectivity index (χ1v) is 7.69. The molecule has 3 N–H and O–H groups in total. The highest BCUT2D eigenvalue weighted by Gasteiger charge is 2.31. The highest BCUT2D eigenvalue weighted by Crippen LogP contribution is 2.36. The lowest BCUT2D eigenvalue weighted by Gasteiger charge is -2.18. The normalized spacial score (nSPS) is 14.7. The maximum Gasteiger partial charge on any atom is 0.416 e. The Hall–Kier alpha value is -1.35. The maximum atomic E-state index is 12.8. The first-order valence-electron chi connectivity index (χ1n) is 6.71. The van der Waals surface area contributed by atoms with Crippen LogP contribution in [0.3, 0.4) is 0 Å². The third kappa shape index (κ3) is 5.98. The molecule has 0 aliphatic carbocycles. The van der Waals surface area contributed by atoms with Crippen LogP contribution in [-0.2, 0) is 11.0 Å². The Labute approximate surface area is 134 Å². The van der Waals surface area contributed by atoms with Crippen molar-refractivity contribution in [3.63, 3.8) is 0 Å². The number of anilines is 1. The van der Waals surface area contributed by atoms with Gasteiger partial charge < -0.3 is 11.1 Å². The number of hydrogen-bond acceptors (Lipinski definition) is 3. The molecular formula is C14H17F5N2OS. The van der Waals surface area contributed by atoms with Crippen molar-refractivity contribution < 1.29 is 26.7 Å². The zero-order valence-corrected chi connectivity index (χ0v) is 13.3. The Balaban J connectivity index is 3.09. The Bertz CT molecular complexity index is 548. The molecule has 2 unspecified atom stereocenters. The molecule has 0 spiro atoms. The number of hydrogen-bond donors (Lipinski definition) is 2. The van der Waals surface area contributed by atoms with E-state index < -0.39 is 41.8 Å². The van der Waals surface area contributed by atoms with Gasteiger partial charge in [-0.15, -0.1) is 11.8 Å². The van der Waals surface area contributed by atoms with Crippen molar-refractivity contribution >= 4 is 23.4 Å². The summed E-state index contributed by atoms with van der Waals surface area (Å²) in [5.41, 5.74) is 4.46. The Morgan fingerprint density at radius 3 is 2.39 bits per heavy atom. The Morgan fingerprint density at radius 2 is 1.91 bits per heavy atom. The third-order valence-electron chi connectivity index (χ3n) is 3.13. The van der Waals surface area contributed by atoms with Gasteiger partial charge in [0.25, 0.3) is 0 Å². The van der Waals surface area contributed by atoms with Crippen LogP contribution in [-0.4, -0.2) is 24.1 Å². The Kier molecular flexibility index (Phi) is 6.82. The first kappa shape index (κ1) is 19.7. The summed E-state index contributed by atoms with van der Waals surface area (Å²) in [7, 11) is 0. The lowest BCUT2D eigenvalue weighted by atomic mass is 10.0. The van der Waals surface area contributed by atoms with Gasteiger partial charge in [0, 0.05) is 10.9 Å². The van der Waals surface area contributed by atoms with Gasteiger partial charge in [0.1, 0.15) is 0 Å². The highest BCUT2D eigenvalue weighted by molar-refractivity contribution is 7.99. The summed E-state index contributed by atoms with van der Waals surface area (Å²) in [6.07, 6.45) is -7.22. The average molecular weight is 356 g/mol. The van der Waals surface area contributed by atoms with Gasteiger partial charge in [-0.3, -0.25) is 4.79 Å². The second-order valence-corrected chi connectivity index (χ2v) is 6.11. The predicted molar refractivity (Wildman–Crippen MR) is 79.6 cm³/mol. The lowest BCUT2D eigenvalue weighted by molar-refractivity contribution is -0.137. The van der Waals surface area contributed by atoms with Crippen LogP contribution in [0, 0.1) is 5.92 Å². The fourth-order valence-electron chi connectivity index (χ4n) is 1.57. The minimum Gasteiger partial charge on any atom is -0.327 e. The van der Waals surface area contributed by atoms with Crippen LogP contribution < -0.4 is 11.1 Å². The third-order valence-corrected chi connectivity index (χ3v) is 4.22. The maximum absolute atomic E-state index is 12.8. The van der Waals surface area contributed by atoms with Crippen molar-refractivity contribution in [2.45, 2.75) is 37.4 Å². The standard InChI is InChI=1S/C14H17F5N2OS/c1-7(8(2)20)13(22)21-10-5-9(14(17,18)19)3-4-11(10)23-6-12(15)16/h3-5,7-8,12H,6,20H2,1-2H3,(H,21,22). The summed E-state index contributed by atoms with van der Waals surface area (Å²) in [5.74, 6) is -1.80. The second kappa shape index (κ2) is 7.96. The lowest BCUT2D eigenvalue weighted by Crippen LogP contribution is -2.34. The molecule has 0 saturated carbocycles. The van der Waals surface area contributed by atoms with Crippen LogP contribution in [0.25, 0.3) is 0 Å². The number of halogens is 5. The number of rotatable bonds is 6. The first-order chi connectivity index (χ1) is 10.5. The minimum absolute atomic E-state index is 0.142. The van der Waals surface area contributed by atoms with Gasteiger partial charge in [-0.1, -0.05) is 6.92 Å². The number of carbonyl (C=O) groups excluding carboxylic acids is 1. The topological polar surface area (TPSA) is 55.1 Å². The average Bonchev–Trinajstić information content (AvgIpc) is 2.43. The second-order valence-electron chi connectivity index (χ2n) is 5.05. The van der Waals surface area contributed by atoms with Crippen molar-refractivity contribution in [3.05, 3.63) is 23.8 Å². The largest absolute Gasteiger partial charge is 0.416 e. The van der Waals surface area contributed by atoms with E-state index in [0.29, 0.717) is 11.8 Å². The molecule has 1 aromatic rings. The molecule has 1 rings (SSSR count). The molecule has 9 heteroatoms. The fraction of sp³-hybridized carbons (Fsp3) is 0.500. The molecule has 0 aromatic heterocycles. The van der Waals surface area contributed by atoms with Gasteiger partial charge in [-0.2, -0.15) is 13.2 Å². The van der Waals surface area contributed by atoms with E-state index in [2.05, 4.69) is 5.32 Å². The highest BCUT2D eigenvalue weighted by atomic mass is 32.2. The molecule has 23 heavy (non-hydrogen) atoms. The van der Waals surface area contributed by atoms with Gasteiger partial charge in [0.15, 0.2) is 0 Å². The molecule has 0 fully saturated rings. The zero-order chi connectivity index (χ0) is 17.8. The summed E-state index contributed by atoms with van der Waals surface area (Å²) in [5, 5.41) is 2.34. The Morgan fingerprint density at radius 1 is 1.30 bits per heavy atom. The smallest absolute Gasteiger partial charge is 0.327 e. The van der Waals surface area contributed by atoms with E-state index in [9.17, 15) is 26.7 Å². The number of amides is 1. The van der Waals surface area contributed by atoms with E-state index in [1.165, 1.54) is 6.92 Å². The summed E-state index contributed by atoms with van der Waals surface area (Å²) in [6.45, 7) is 3.11. The molecule has 0 aliphatic rings. The summed E-state index contributed by atoms with van der Waals surface area (Å²) in [4.78, 5) is 12.1. The fourth-order valence-corrected chi connectivity index (χ4v) is 2.30. The van der Waals surface area contributed by atoms with Crippen molar-refractivity contribution in [3.8, 4) is 0 Å². The van der Waals surface area contributed by atoms with Crippen LogP contribution in [0.4, 0.5) is 27.6 Å². The van der Waals surface area contributed by atoms with Gasteiger partial charge in [0.05, 0.1) is 22.9 Å². The molecule has 0 saturated heterocycles. The minimum atomic E-state index is -4.60. The van der Waals surface area contributed by atoms with E-state index in [4.69, 9.17) is 5.73 Å². The van der Waals surface area contributed by atoms with E-state index >= 15 is 0 Å². The van der Waals surface area contributed by atoms with Gasteiger partial charge in [-0.25, -0.2) is 8.78 Å². The number of nitrogens with one attached hydrogen (secondary N) is 1. The number of benzene rings is 1. The van der Waals surface area contributed by atoms with Crippen molar-refractivity contribution in [2.24, 2.45) is 11.7 Å². The molecular weight excluding hydrogens is 339 g/mol. The molecule has 1 amide bonds. The van der Waals surface area contributed by atoms with Crippen LogP contribution in [0.1, 0.15) is 19.4 Å². The molecule has 0 heterocycles. The van der Waals surface area contributed by atoms with Gasteiger partial charge >= 0.3 is 6.18 Å². The monoisotopic (exact) mass is 356 g/mol. The number of alkyl halides is 5. The van der Waals surface area contributed by atoms with Crippen LogP contribution in [0.5, 0.6) is 0 Å². The predicted octanol–water partition coefficient (Wildman–Crippen LogP) is 3.98. The number of carbonyl (C=O) groups is 1. The molecule has 130 valence electrons. The molecule has 1 aromatic carbocycles. The number of thioether (sulfide) groups is 1.